The first-order valence-corrected chi connectivity index (χ1v) is 7.59. The van der Waals surface area contributed by atoms with Gasteiger partial charge >= 0.3 is 5.97 Å². The molecular weight excluding hydrogens is 298 g/mol. The van der Waals surface area contributed by atoms with E-state index in [2.05, 4.69) is 15.1 Å². The summed E-state index contributed by atoms with van der Waals surface area (Å²) in [4.78, 5) is 18.3. The summed E-state index contributed by atoms with van der Waals surface area (Å²) in [5.41, 5.74) is 1.19. The van der Waals surface area contributed by atoms with Crippen LogP contribution in [0.3, 0.4) is 0 Å². The van der Waals surface area contributed by atoms with Crippen LogP contribution in [0.1, 0.15) is 11.4 Å². The molecule has 112 valence electrons. The van der Waals surface area contributed by atoms with E-state index in [9.17, 15) is 18.3 Å². The number of nitrogens with zero attached hydrogens (tertiary/aromatic N) is 4. The van der Waals surface area contributed by atoms with E-state index in [1.54, 1.807) is 0 Å². The van der Waals surface area contributed by atoms with Crippen LogP contribution >= 0.6 is 0 Å². The number of rotatable bonds is 3. The Bertz CT molecular complexity index is 793. The van der Waals surface area contributed by atoms with Gasteiger partial charge in [0.25, 0.3) is 10.0 Å². The van der Waals surface area contributed by atoms with Gasteiger partial charge in [0, 0.05) is 13.5 Å². The van der Waals surface area contributed by atoms with E-state index in [1.165, 1.54) is 30.3 Å². The van der Waals surface area contributed by atoms with Gasteiger partial charge in [0.2, 0.25) is 0 Å². The number of carboxylic acid groups (broad SMARTS) is 1. The van der Waals surface area contributed by atoms with Crippen molar-refractivity contribution in [2.45, 2.75) is 24.0 Å². The zero-order valence-electron chi connectivity index (χ0n) is 11.1. The molecule has 1 atom stereocenters. The highest BCUT2D eigenvalue weighted by Crippen LogP contribution is 2.27. The zero-order chi connectivity index (χ0) is 15.2. The molecule has 0 aliphatic carbocycles. The summed E-state index contributed by atoms with van der Waals surface area (Å²) in [6.07, 6.45) is 2.82. The molecule has 1 aliphatic rings. The van der Waals surface area contributed by atoms with E-state index in [0.717, 1.165) is 4.31 Å². The lowest BCUT2D eigenvalue weighted by molar-refractivity contribution is -0.141. The van der Waals surface area contributed by atoms with Gasteiger partial charge in [-0.15, -0.1) is 0 Å². The van der Waals surface area contributed by atoms with Crippen LogP contribution in [-0.2, 0) is 34.8 Å². The molecule has 0 saturated heterocycles. The fourth-order valence-corrected chi connectivity index (χ4v) is 4.06. The standard InChI is InChI=1S/C11H13N5O4S/c1-15-10(2-3-14-15)21(19,20)16-5-8-7(12-6-13-8)4-9(16)11(17)18/h2-3,6,9H,4-5H2,1H3,(H,12,13)(H,17,18). The minimum Gasteiger partial charge on any atom is -0.480 e. The van der Waals surface area contributed by atoms with Crippen molar-refractivity contribution in [2.75, 3.05) is 0 Å². The normalized spacial score (nSPS) is 19.4. The predicted molar refractivity (Wildman–Crippen MR) is 69.7 cm³/mol. The van der Waals surface area contributed by atoms with Gasteiger partial charge in [-0.05, 0) is 6.07 Å². The molecule has 2 aromatic heterocycles. The maximum Gasteiger partial charge on any atom is 0.322 e. The molecule has 2 aromatic rings. The van der Waals surface area contributed by atoms with E-state index >= 15 is 0 Å². The largest absolute Gasteiger partial charge is 0.480 e. The lowest BCUT2D eigenvalue weighted by Gasteiger charge is -2.31. The number of carboxylic acids is 1. The fraction of sp³-hybridized carbons (Fsp3) is 0.364. The highest BCUT2D eigenvalue weighted by molar-refractivity contribution is 7.89. The number of carbonyl (C=O) groups is 1. The number of hydrogen-bond acceptors (Lipinski definition) is 5. The van der Waals surface area contributed by atoms with Crippen LogP contribution in [0.2, 0.25) is 0 Å². The van der Waals surface area contributed by atoms with E-state index in [0.29, 0.717) is 11.4 Å². The first kappa shape index (κ1) is 13.8. The number of aromatic nitrogens is 4. The van der Waals surface area contributed by atoms with E-state index in [-0.39, 0.29) is 18.0 Å². The third-order valence-corrected chi connectivity index (χ3v) is 5.42. The molecule has 10 heteroatoms. The molecule has 0 bridgehead atoms. The third kappa shape index (κ3) is 2.12. The second kappa shape index (κ2) is 4.67. The van der Waals surface area contributed by atoms with Crippen LogP contribution in [0.5, 0.6) is 0 Å². The van der Waals surface area contributed by atoms with Crippen molar-refractivity contribution >= 4 is 16.0 Å². The summed E-state index contributed by atoms with van der Waals surface area (Å²) in [6, 6.07) is 0.164. The summed E-state index contributed by atoms with van der Waals surface area (Å²) in [5.74, 6) is -1.20. The van der Waals surface area contributed by atoms with Gasteiger partial charge in [-0.25, -0.2) is 13.4 Å². The lowest BCUT2D eigenvalue weighted by Crippen LogP contribution is -2.48. The Morgan fingerprint density at radius 2 is 2.29 bits per heavy atom. The highest BCUT2D eigenvalue weighted by atomic mass is 32.2. The van der Waals surface area contributed by atoms with Gasteiger partial charge < -0.3 is 10.1 Å². The molecule has 0 fully saturated rings. The minimum absolute atomic E-state index is 0.0330. The van der Waals surface area contributed by atoms with Crippen LogP contribution in [0.4, 0.5) is 0 Å². The summed E-state index contributed by atoms with van der Waals surface area (Å²) >= 11 is 0. The highest BCUT2D eigenvalue weighted by Gasteiger charge is 2.41. The number of imidazole rings is 1. The SMILES string of the molecule is Cn1nccc1S(=O)(=O)N1Cc2[nH]cnc2CC1C(=O)O. The lowest BCUT2D eigenvalue weighted by atomic mass is 10.1. The average molecular weight is 311 g/mol. The molecule has 0 saturated carbocycles. The summed E-state index contributed by atoms with van der Waals surface area (Å²) in [5, 5.41) is 13.1. The molecule has 0 aromatic carbocycles. The topological polar surface area (TPSA) is 121 Å². The first-order valence-electron chi connectivity index (χ1n) is 6.15. The van der Waals surface area contributed by atoms with E-state index < -0.39 is 22.0 Å². The molecular formula is C11H13N5O4S. The fourth-order valence-electron chi connectivity index (χ4n) is 2.41. The Hall–Kier alpha value is -2.20. The van der Waals surface area contributed by atoms with Gasteiger partial charge in [-0.2, -0.15) is 9.40 Å². The smallest absolute Gasteiger partial charge is 0.322 e. The van der Waals surface area contributed by atoms with E-state index in [1.807, 2.05) is 0 Å². The number of aryl methyl sites for hydroxylation is 1. The van der Waals surface area contributed by atoms with Crippen LogP contribution in [0, 0.1) is 0 Å². The summed E-state index contributed by atoms with van der Waals surface area (Å²) in [7, 11) is -2.46. The van der Waals surface area contributed by atoms with E-state index in [4.69, 9.17) is 0 Å². The van der Waals surface area contributed by atoms with Crippen molar-refractivity contribution in [1.82, 2.24) is 24.1 Å². The van der Waals surface area contributed by atoms with Crippen molar-refractivity contribution in [3.8, 4) is 0 Å². The number of nitrogens with one attached hydrogen (secondary N) is 1. The summed E-state index contributed by atoms with van der Waals surface area (Å²) < 4.78 is 27.5. The Labute approximate surface area is 120 Å². The van der Waals surface area contributed by atoms with Crippen molar-refractivity contribution in [3.05, 3.63) is 30.0 Å². The minimum atomic E-state index is -3.96. The molecule has 1 aliphatic heterocycles. The van der Waals surface area contributed by atoms with Gasteiger partial charge in [0.1, 0.15) is 6.04 Å². The third-order valence-electron chi connectivity index (χ3n) is 3.49. The average Bonchev–Trinajstić information content (AvgIpc) is 3.04. The molecule has 1 unspecified atom stereocenters. The predicted octanol–water partition coefficient (Wildman–Crippen LogP) is -0.657. The van der Waals surface area contributed by atoms with Gasteiger partial charge in [0.15, 0.2) is 5.03 Å². The zero-order valence-corrected chi connectivity index (χ0v) is 11.9. The number of aliphatic carboxylic acids is 1. The van der Waals surface area contributed by atoms with Crippen molar-refractivity contribution in [2.24, 2.45) is 7.05 Å². The number of sulfonamides is 1. The Morgan fingerprint density at radius 3 is 2.90 bits per heavy atom. The second-order valence-corrected chi connectivity index (χ2v) is 6.57. The molecule has 0 radical (unpaired) electrons. The molecule has 3 heterocycles. The molecule has 0 amide bonds. The van der Waals surface area contributed by atoms with Crippen molar-refractivity contribution < 1.29 is 18.3 Å². The van der Waals surface area contributed by atoms with Crippen LogP contribution < -0.4 is 0 Å². The maximum absolute atomic E-state index is 12.7. The maximum atomic E-state index is 12.7. The van der Waals surface area contributed by atoms with Crippen molar-refractivity contribution in [1.29, 1.82) is 0 Å². The second-order valence-electron chi connectivity index (χ2n) is 4.73. The summed E-state index contributed by atoms with van der Waals surface area (Å²) in [6.45, 7) is -0.0557. The first-order chi connectivity index (χ1) is 9.91. The van der Waals surface area contributed by atoms with Gasteiger partial charge in [-0.1, -0.05) is 0 Å². The monoisotopic (exact) mass is 311 g/mol. The molecule has 0 spiro atoms. The Morgan fingerprint density at radius 1 is 1.52 bits per heavy atom. The Balaban J connectivity index is 2.07. The van der Waals surface area contributed by atoms with Gasteiger partial charge in [0.05, 0.1) is 30.5 Å². The quantitative estimate of drug-likeness (QED) is 0.776. The molecule has 9 nitrogen and oxygen atoms in total. The number of H-pyrrole nitrogens is 1. The number of hydrogen-bond donors (Lipinski definition) is 2. The Kier molecular flexibility index (Phi) is 3.06. The van der Waals surface area contributed by atoms with Crippen LogP contribution in [0.25, 0.3) is 0 Å². The number of aromatic amines is 1. The van der Waals surface area contributed by atoms with Crippen molar-refractivity contribution in [3.63, 3.8) is 0 Å². The molecule has 2 N–H and O–H groups in total. The molecule has 21 heavy (non-hydrogen) atoms. The van der Waals surface area contributed by atoms with Crippen LogP contribution in [-0.4, -0.2) is 49.6 Å². The molecule has 3 rings (SSSR count). The van der Waals surface area contributed by atoms with Crippen LogP contribution in [0.15, 0.2) is 23.6 Å². The number of fused-ring (bicyclic) bond motifs is 1. The van der Waals surface area contributed by atoms with Gasteiger partial charge in [-0.3, -0.25) is 9.48 Å².